The molecule has 1 aliphatic heterocycles. The predicted molar refractivity (Wildman–Crippen MR) is 44.0 cm³/mol. The highest BCUT2D eigenvalue weighted by atomic mass is 16.7. The van der Waals surface area contributed by atoms with E-state index in [1.165, 1.54) is 0 Å². The molecule has 1 aliphatic rings. The van der Waals surface area contributed by atoms with E-state index in [1.807, 2.05) is 0 Å². The van der Waals surface area contributed by atoms with Gasteiger partial charge in [0.25, 0.3) is 0 Å². The van der Waals surface area contributed by atoms with Gasteiger partial charge in [-0.15, -0.1) is 0 Å². The normalized spacial score (nSPS) is 46.4. The summed E-state index contributed by atoms with van der Waals surface area (Å²) in [6.45, 7) is 3.77. The Bertz CT molecular complexity index is 163. The number of rotatable bonds is 2. The third-order valence-corrected chi connectivity index (χ3v) is 2.14. The molecule has 1 heterocycles. The van der Waals surface area contributed by atoms with Crippen LogP contribution in [0.5, 0.6) is 0 Å². The molecule has 0 radical (unpaired) electrons. The van der Waals surface area contributed by atoms with Crippen LogP contribution in [0.15, 0.2) is 0 Å². The molecule has 1 rings (SSSR count). The third-order valence-electron chi connectivity index (χ3n) is 2.14. The average Bonchev–Trinajstić information content (AvgIpc) is 2.11. The first-order valence-electron chi connectivity index (χ1n) is 4.39. The van der Waals surface area contributed by atoms with Gasteiger partial charge in [-0.05, 0) is 13.8 Å². The molecular formula is C8H16O5. The molecule has 5 heteroatoms. The van der Waals surface area contributed by atoms with Crippen LogP contribution in [0.3, 0.4) is 0 Å². The number of aliphatic hydroxyl groups excluding tert-OH is 3. The van der Waals surface area contributed by atoms with Crippen molar-refractivity contribution in [3.8, 4) is 0 Å². The first-order chi connectivity index (χ1) is 6.07. The Balaban J connectivity index is 2.59. The van der Waals surface area contributed by atoms with Crippen molar-refractivity contribution in [2.75, 3.05) is 6.61 Å². The van der Waals surface area contributed by atoms with E-state index in [2.05, 4.69) is 0 Å². The highest BCUT2D eigenvalue weighted by Gasteiger charge is 2.42. The molecule has 13 heavy (non-hydrogen) atoms. The van der Waals surface area contributed by atoms with Gasteiger partial charge in [-0.2, -0.15) is 0 Å². The van der Waals surface area contributed by atoms with Gasteiger partial charge in [-0.3, -0.25) is 0 Å². The van der Waals surface area contributed by atoms with Crippen LogP contribution in [0.25, 0.3) is 0 Å². The highest BCUT2D eigenvalue weighted by molar-refractivity contribution is 4.86. The molecule has 0 aromatic heterocycles. The van der Waals surface area contributed by atoms with Gasteiger partial charge in [-0.1, -0.05) is 0 Å². The summed E-state index contributed by atoms with van der Waals surface area (Å²) < 4.78 is 10.2. The smallest absolute Gasteiger partial charge is 0.186 e. The lowest BCUT2D eigenvalue weighted by Crippen LogP contribution is -2.57. The molecule has 0 aromatic rings. The predicted octanol–water partition coefficient (Wildman–Crippen LogP) is -1.15. The largest absolute Gasteiger partial charge is 0.388 e. The van der Waals surface area contributed by atoms with E-state index in [9.17, 15) is 15.3 Å². The molecule has 5 atom stereocenters. The zero-order chi connectivity index (χ0) is 10.0. The molecule has 0 bridgehead atoms. The fraction of sp³-hybridized carbons (Fsp3) is 1.00. The van der Waals surface area contributed by atoms with E-state index >= 15 is 0 Å². The Labute approximate surface area is 76.9 Å². The van der Waals surface area contributed by atoms with Crippen molar-refractivity contribution in [3.63, 3.8) is 0 Å². The maximum Gasteiger partial charge on any atom is 0.186 e. The van der Waals surface area contributed by atoms with Crippen molar-refractivity contribution in [2.45, 2.75) is 44.6 Å². The molecule has 78 valence electrons. The maximum absolute atomic E-state index is 9.40. The zero-order valence-electron chi connectivity index (χ0n) is 7.75. The Hall–Kier alpha value is -0.200. The minimum Gasteiger partial charge on any atom is -0.388 e. The minimum absolute atomic E-state index is 0.386. The fourth-order valence-electron chi connectivity index (χ4n) is 1.32. The Kier molecular flexibility index (Phi) is 3.63. The first-order valence-corrected chi connectivity index (χ1v) is 4.39. The summed E-state index contributed by atoms with van der Waals surface area (Å²) in [6, 6.07) is 0. The van der Waals surface area contributed by atoms with Crippen LogP contribution in [0.2, 0.25) is 0 Å². The highest BCUT2D eigenvalue weighted by Crippen LogP contribution is 2.21. The molecular weight excluding hydrogens is 176 g/mol. The molecule has 0 amide bonds. The maximum atomic E-state index is 9.40. The van der Waals surface area contributed by atoms with Crippen molar-refractivity contribution < 1.29 is 24.8 Å². The molecule has 0 saturated carbocycles. The third kappa shape index (κ3) is 2.18. The summed E-state index contributed by atoms with van der Waals surface area (Å²) >= 11 is 0. The molecule has 1 saturated heterocycles. The minimum atomic E-state index is -1.21. The van der Waals surface area contributed by atoms with Crippen molar-refractivity contribution in [2.24, 2.45) is 0 Å². The Morgan fingerprint density at radius 2 is 1.77 bits per heavy atom. The lowest BCUT2D eigenvalue weighted by atomic mass is 10.0. The summed E-state index contributed by atoms with van der Waals surface area (Å²) in [5.74, 6) is 0. The monoisotopic (exact) mass is 192 g/mol. The van der Waals surface area contributed by atoms with Gasteiger partial charge in [0.1, 0.15) is 18.3 Å². The van der Waals surface area contributed by atoms with Gasteiger partial charge in [-0.25, -0.2) is 0 Å². The summed E-state index contributed by atoms with van der Waals surface area (Å²) in [5, 5.41) is 28.1. The van der Waals surface area contributed by atoms with E-state index in [0.29, 0.717) is 6.61 Å². The van der Waals surface area contributed by atoms with E-state index in [4.69, 9.17) is 9.47 Å². The number of aliphatic hydroxyl groups is 3. The van der Waals surface area contributed by atoms with Gasteiger partial charge in [0.15, 0.2) is 6.29 Å². The van der Waals surface area contributed by atoms with Crippen LogP contribution in [-0.2, 0) is 9.47 Å². The SMILES string of the molecule is CCO[C@@H]1O[C@@H](C)[C@@H](O)[C@@H](O)[C@@H]1O. The van der Waals surface area contributed by atoms with Gasteiger partial charge in [0.05, 0.1) is 6.10 Å². The van der Waals surface area contributed by atoms with Crippen molar-refractivity contribution in [1.82, 2.24) is 0 Å². The van der Waals surface area contributed by atoms with E-state index in [-0.39, 0.29) is 0 Å². The fourth-order valence-corrected chi connectivity index (χ4v) is 1.32. The summed E-state index contributed by atoms with van der Waals surface area (Å²) in [7, 11) is 0. The van der Waals surface area contributed by atoms with Crippen LogP contribution < -0.4 is 0 Å². The van der Waals surface area contributed by atoms with Crippen LogP contribution in [0.1, 0.15) is 13.8 Å². The molecule has 0 unspecified atom stereocenters. The Morgan fingerprint density at radius 3 is 2.31 bits per heavy atom. The molecule has 5 nitrogen and oxygen atoms in total. The number of hydrogen-bond acceptors (Lipinski definition) is 5. The van der Waals surface area contributed by atoms with Crippen LogP contribution >= 0.6 is 0 Å². The molecule has 3 N–H and O–H groups in total. The van der Waals surface area contributed by atoms with Crippen molar-refractivity contribution >= 4 is 0 Å². The first kappa shape index (κ1) is 10.9. The van der Waals surface area contributed by atoms with Crippen molar-refractivity contribution in [1.29, 1.82) is 0 Å². The zero-order valence-corrected chi connectivity index (χ0v) is 7.75. The standard InChI is InChI=1S/C8H16O5/c1-3-12-8-7(11)6(10)5(9)4(2)13-8/h4-11H,3H2,1-2H3/t4-,5+,6+,7-,8+/m0/s1. The van der Waals surface area contributed by atoms with Crippen LogP contribution in [-0.4, -0.2) is 52.6 Å². The summed E-state index contributed by atoms with van der Waals surface area (Å²) in [6.07, 6.45) is -4.84. The molecule has 0 spiro atoms. The Morgan fingerprint density at radius 1 is 1.15 bits per heavy atom. The van der Waals surface area contributed by atoms with Gasteiger partial charge < -0.3 is 24.8 Å². The number of ether oxygens (including phenoxy) is 2. The molecule has 0 aliphatic carbocycles. The lowest BCUT2D eigenvalue weighted by Gasteiger charge is -2.38. The second-order valence-corrected chi connectivity index (χ2v) is 3.14. The van der Waals surface area contributed by atoms with Crippen molar-refractivity contribution in [3.05, 3.63) is 0 Å². The second kappa shape index (κ2) is 4.34. The second-order valence-electron chi connectivity index (χ2n) is 3.14. The van der Waals surface area contributed by atoms with E-state index < -0.39 is 30.7 Å². The topological polar surface area (TPSA) is 79.2 Å². The molecule has 1 fully saturated rings. The van der Waals surface area contributed by atoms with Gasteiger partial charge >= 0.3 is 0 Å². The van der Waals surface area contributed by atoms with Crippen LogP contribution in [0.4, 0.5) is 0 Å². The van der Waals surface area contributed by atoms with Gasteiger partial charge in [0, 0.05) is 6.61 Å². The lowest BCUT2D eigenvalue weighted by molar-refractivity contribution is -0.291. The quantitative estimate of drug-likeness (QED) is 0.515. The van der Waals surface area contributed by atoms with E-state index in [1.54, 1.807) is 13.8 Å². The van der Waals surface area contributed by atoms with Crippen LogP contribution in [0, 0.1) is 0 Å². The van der Waals surface area contributed by atoms with E-state index in [0.717, 1.165) is 0 Å². The molecule has 0 aromatic carbocycles. The summed E-state index contributed by atoms with van der Waals surface area (Å²) in [5.41, 5.74) is 0. The van der Waals surface area contributed by atoms with Gasteiger partial charge in [0.2, 0.25) is 0 Å². The average molecular weight is 192 g/mol. The summed E-state index contributed by atoms with van der Waals surface area (Å²) in [4.78, 5) is 0. The number of hydrogen-bond donors (Lipinski definition) is 3.